The SMILES string of the molecule is COc1cc2c#cc#cc3cc(OC)c(OC)cc3c#cc3cc4c5cc(c#cc2cc1OC)c(C#CC(c1ccc(C)cc1)(c1ccc(C)cc1)c1ccc(C)cc1)cc5c1nc(C#N)c(C#N)nc1c4cc3C#CC(c1ccc(C)cc1)(c1ccc(C)cc1)c1ccc(C)cc1. The number of hydrogen-bond acceptors (Lipinski definition) is 8. The van der Waals surface area contributed by atoms with Crippen molar-refractivity contribution < 1.29 is 18.9 Å². The molecule has 8 nitrogen and oxygen atoms in total. The molecule has 0 radical (unpaired) electrons. The van der Waals surface area contributed by atoms with E-state index in [9.17, 15) is 10.5 Å². The molecular weight excluding hydrogens is 1200 g/mol. The molecule has 466 valence electrons. The standard InChI is InChI=1S/C90H62N4O4/c1-57-15-31-71(32-16-57)89(72-33-17-58(2)18-34-72,73-35-19-59(3)20-36-73)45-43-69-49-79-77-47-65(69)27-29-67-53-85(97-9)83(95-7)51-63(67)13-11-12-14-64-52-84(96-8)86(98-10)54-68(64)30-28-66-48-78(77)80(88-87(79)93-81(55-91)82(56-92)94-88)50-70(66)44-46-90(74-37-21-60(4)22-38-74,75-39-23-61(5)24-40-75)76-41-25-62(6)26-42-76/h15-26,31-42,47-54H,1-10H3. The third-order valence-electron chi connectivity index (χ3n) is 18.1. The average molecular weight is 1260 g/mol. The van der Waals surface area contributed by atoms with E-state index >= 15 is 0 Å². The fraction of sp³-hybridized carbons (Fsp3) is 0.133. The quantitative estimate of drug-likeness (QED) is 0.0756. The average Bonchev–Trinajstić information content (AvgIpc) is 0.723. The summed E-state index contributed by atoms with van der Waals surface area (Å²) in [7, 11) is 6.30. The molecule has 0 saturated carbocycles. The highest BCUT2D eigenvalue weighted by molar-refractivity contribution is 6.25. The zero-order valence-electron chi connectivity index (χ0n) is 55.9. The Morgan fingerprint density at radius 1 is 0.306 bits per heavy atom. The number of methoxy groups -OCH3 is 4. The molecule has 1 heterocycles. The highest BCUT2D eigenvalue weighted by Crippen LogP contribution is 2.44. The van der Waals surface area contributed by atoms with Gasteiger partial charge in [-0.15, -0.1) is 0 Å². The fourth-order valence-corrected chi connectivity index (χ4v) is 12.6. The van der Waals surface area contributed by atoms with E-state index in [1.54, 1.807) is 40.6 Å². The van der Waals surface area contributed by atoms with Crippen molar-refractivity contribution >= 4 is 64.9 Å². The molecule has 0 aliphatic heterocycles. The lowest BCUT2D eigenvalue weighted by Gasteiger charge is -2.31. The number of aromatic nitrogens is 2. The zero-order chi connectivity index (χ0) is 68.2. The highest BCUT2D eigenvalue weighted by Gasteiger charge is 2.37. The molecule has 0 amide bonds. The molecule has 13 rings (SSSR count). The summed E-state index contributed by atoms with van der Waals surface area (Å²) in [5.74, 6) is 17.2. The second-order valence-corrected chi connectivity index (χ2v) is 24.4. The van der Waals surface area contributed by atoms with Gasteiger partial charge in [-0.3, -0.25) is 0 Å². The molecule has 0 saturated heterocycles. The van der Waals surface area contributed by atoms with Gasteiger partial charge in [0.25, 0.3) is 0 Å². The Morgan fingerprint density at radius 3 is 0.796 bits per heavy atom. The molecule has 0 spiro atoms. The van der Waals surface area contributed by atoms with Gasteiger partial charge in [-0.1, -0.05) is 239 Å². The summed E-state index contributed by atoms with van der Waals surface area (Å²) in [6.45, 7) is 12.5. The molecule has 12 aromatic carbocycles. The Bertz CT molecular complexity index is 5110. The fourth-order valence-electron chi connectivity index (χ4n) is 12.6. The van der Waals surface area contributed by atoms with Crippen molar-refractivity contribution in [2.24, 2.45) is 0 Å². The van der Waals surface area contributed by atoms with Crippen molar-refractivity contribution in [1.82, 2.24) is 9.97 Å². The van der Waals surface area contributed by atoms with Crippen LogP contribution in [0, 0.1) is 136 Å². The molecule has 13 aromatic rings. The van der Waals surface area contributed by atoms with Gasteiger partial charge in [0.15, 0.2) is 34.4 Å². The minimum Gasteiger partial charge on any atom is -0.493 e. The lowest BCUT2D eigenvalue weighted by atomic mass is 9.69. The van der Waals surface area contributed by atoms with Crippen LogP contribution < -0.4 is 18.9 Å². The predicted molar refractivity (Wildman–Crippen MR) is 389 cm³/mol. The van der Waals surface area contributed by atoms with Crippen LogP contribution in [-0.4, -0.2) is 38.4 Å². The Balaban J connectivity index is 1.24. The maximum absolute atomic E-state index is 10.8. The number of benzene rings is 11. The van der Waals surface area contributed by atoms with Crippen molar-refractivity contribution in [3.63, 3.8) is 0 Å². The van der Waals surface area contributed by atoms with E-state index in [1.807, 2.05) is 36.4 Å². The van der Waals surface area contributed by atoms with Gasteiger partial charge in [0, 0.05) is 78.5 Å². The number of ether oxygens (including phenoxy) is 4. The molecule has 0 fully saturated rings. The lowest BCUT2D eigenvalue weighted by molar-refractivity contribution is 0.356. The first-order valence-electron chi connectivity index (χ1n) is 31.8. The van der Waals surface area contributed by atoms with Crippen molar-refractivity contribution in [2.45, 2.75) is 52.4 Å². The van der Waals surface area contributed by atoms with E-state index in [4.69, 9.17) is 28.9 Å². The van der Waals surface area contributed by atoms with Gasteiger partial charge in [0.1, 0.15) is 23.0 Å². The summed E-state index contributed by atoms with van der Waals surface area (Å²) in [5, 5.41) is 27.4. The molecule has 1 aromatic heterocycles. The topological polar surface area (TPSA) is 110 Å². The normalized spacial score (nSPS) is 10.9. The summed E-state index contributed by atoms with van der Waals surface area (Å²) in [4.78, 5) is 10.2. The Hall–Kier alpha value is -13.2. The van der Waals surface area contributed by atoms with Crippen molar-refractivity contribution in [3.8, 4) is 58.8 Å². The molecule has 0 unspecified atom stereocenters. The smallest absolute Gasteiger partial charge is 0.177 e. The minimum atomic E-state index is -1.03. The molecular formula is C90H62N4O4. The number of fused-ring (bicyclic) bond motifs is 7. The Labute approximate surface area is 572 Å². The second-order valence-electron chi connectivity index (χ2n) is 24.4. The van der Waals surface area contributed by atoms with E-state index in [-0.39, 0.29) is 11.4 Å². The Morgan fingerprint density at radius 2 is 0.551 bits per heavy atom. The van der Waals surface area contributed by atoms with Crippen molar-refractivity contribution in [1.29, 1.82) is 10.5 Å². The van der Waals surface area contributed by atoms with Crippen LogP contribution in [-0.2, 0) is 10.8 Å². The van der Waals surface area contributed by atoms with E-state index < -0.39 is 10.8 Å². The monoisotopic (exact) mass is 1260 g/mol. The first kappa shape index (κ1) is 63.6. The molecule has 0 atom stereocenters. The summed E-state index contributed by atoms with van der Waals surface area (Å²) in [5.41, 5.74) is 11.9. The molecule has 8 heteroatoms. The number of rotatable bonds is 10. The number of nitrogens with zero attached hydrogens (tertiary/aromatic N) is 4. The predicted octanol–water partition coefficient (Wildman–Crippen LogP) is 18.4. The van der Waals surface area contributed by atoms with Crippen LogP contribution in [0.2, 0.25) is 0 Å². The van der Waals surface area contributed by atoms with E-state index in [0.29, 0.717) is 99.0 Å². The van der Waals surface area contributed by atoms with Crippen LogP contribution in [0.5, 0.6) is 23.0 Å². The van der Waals surface area contributed by atoms with E-state index in [2.05, 4.69) is 271 Å². The molecule has 0 aliphatic carbocycles. The molecule has 4 bridgehead atoms. The minimum absolute atomic E-state index is 0.131. The maximum atomic E-state index is 10.8. The largest absolute Gasteiger partial charge is 0.493 e. The first-order valence-corrected chi connectivity index (χ1v) is 31.8. The Kier molecular flexibility index (Phi) is 17.3. The summed E-state index contributed by atoms with van der Waals surface area (Å²) >= 11 is 0. The molecule has 98 heavy (non-hydrogen) atoms. The van der Waals surface area contributed by atoms with Crippen molar-refractivity contribution in [3.05, 3.63) is 332 Å². The van der Waals surface area contributed by atoms with Crippen LogP contribution in [0.25, 0.3) is 64.9 Å². The van der Waals surface area contributed by atoms with Gasteiger partial charge in [-0.2, -0.15) is 10.5 Å². The van der Waals surface area contributed by atoms with E-state index in [0.717, 1.165) is 66.8 Å². The number of hydrogen-bond donors (Lipinski definition) is 0. The van der Waals surface area contributed by atoms with Crippen LogP contribution in [0.3, 0.4) is 0 Å². The highest BCUT2D eigenvalue weighted by atomic mass is 16.5. The van der Waals surface area contributed by atoms with Crippen LogP contribution in [0.1, 0.15) is 89.3 Å². The van der Waals surface area contributed by atoms with Gasteiger partial charge < -0.3 is 18.9 Å². The van der Waals surface area contributed by atoms with Crippen molar-refractivity contribution in [2.75, 3.05) is 28.4 Å². The van der Waals surface area contributed by atoms with Gasteiger partial charge in [-0.25, -0.2) is 9.97 Å². The zero-order valence-corrected chi connectivity index (χ0v) is 55.9. The van der Waals surface area contributed by atoms with Gasteiger partial charge in [0.2, 0.25) is 0 Å². The third-order valence-corrected chi connectivity index (χ3v) is 18.1. The molecule has 0 aliphatic rings. The third kappa shape index (κ3) is 11.9. The molecule has 0 N–H and O–H groups in total. The summed E-state index contributed by atoms with van der Waals surface area (Å²) in [6.07, 6.45) is 0. The van der Waals surface area contributed by atoms with E-state index in [1.165, 1.54) is 0 Å². The second kappa shape index (κ2) is 26.7. The van der Waals surface area contributed by atoms with Crippen LogP contribution in [0.15, 0.2) is 194 Å². The summed E-state index contributed by atoms with van der Waals surface area (Å²) < 4.78 is 23.5. The van der Waals surface area contributed by atoms with Gasteiger partial charge in [0.05, 0.1) is 39.5 Å². The first-order chi connectivity index (χ1) is 47.7. The summed E-state index contributed by atoms with van der Waals surface area (Å²) in [6, 6.07) is 97.8. The van der Waals surface area contributed by atoms with Crippen LogP contribution >= 0.6 is 0 Å². The maximum Gasteiger partial charge on any atom is 0.177 e. The van der Waals surface area contributed by atoms with Gasteiger partial charge in [-0.05, 0) is 122 Å². The van der Waals surface area contributed by atoms with Crippen LogP contribution in [0.4, 0.5) is 0 Å². The van der Waals surface area contributed by atoms with Gasteiger partial charge >= 0.3 is 0 Å². The lowest BCUT2D eigenvalue weighted by Crippen LogP contribution is -2.28. The number of aryl methyl sites for hydroxylation is 6. The number of nitriles is 2.